The van der Waals surface area contributed by atoms with E-state index in [1.54, 1.807) is 12.2 Å². The highest BCUT2D eigenvalue weighted by Gasteiger charge is 2.28. The zero-order chi connectivity index (χ0) is 38.9. The van der Waals surface area contributed by atoms with Crippen molar-refractivity contribution in [1.29, 1.82) is 0 Å². The summed E-state index contributed by atoms with van der Waals surface area (Å²) in [5, 5.41) is 7.14. The topological polar surface area (TPSA) is 105 Å². The van der Waals surface area contributed by atoms with Crippen LogP contribution in [-0.2, 0) is 27.5 Å². The van der Waals surface area contributed by atoms with Gasteiger partial charge in [-0.25, -0.2) is 0 Å². The Morgan fingerprint density at radius 2 is 1.61 bits per heavy atom. The van der Waals surface area contributed by atoms with Gasteiger partial charge in [-0.1, -0.05) is 37.5 Å². The SMILES string of the molecule is C=CCCNC(=O)Cn1c(-c2ccc(OCc3cc(N4CCCC4=O)ccc3N3CCOCC3)cc2)c(C2CCCCC2)c2ccc(C(=O)NCCC=C)cc21. The second-order valence-electron chi connectivity index (χ2n) is 15.1. The van der Waals surface area contributed by atoms with Gasteiger partial charge in [0.05, 0.1) is 24.4 Å². The van der Waals surface area contributed by atoms with E-state index in [0.717, 1.165) is 96.6 Å². The third kappa shape index (κ3) is 8.86. The minimum Gasteiger partial charge on any atom is -0.489 e. The molecule has 0 bridgehead atoms. The molecule has 7 rings (SSSR count). The van der Waals surface area contributed by atoms with Gasteiger partial charge >= 0.3 is 0 Å². The van der Waals surface area contributed by atoms with Gasteiger partial charge in [0.2, 0.25) is 11.8 Å². The maximum atomic E-state index is 13.5. The Kier molecular flexibility index (Phi) is 12.9. The molecule has 0 atom stereocenters. The molecule has 3 heterocycles. The van der Waals surface area contributed by atoms with E-state index in [2.05, 4.69) is 63.6 Å². The van der Waals surface area contributed by atoms with Crippen molar-refractivity contribution in [3.63, 3.8) is 0 Å². The Balaban J connectivity index is 1.23. The fourth-order valence-corrected chi connectivity index (χ4v) is 8.46. The Bertz CT molecular complexity index is 2040. The molecule has 2 aliphatic heterocycles. The van der Waals surface area contributed by atoms with Gasteiger partial charge in [-0.05, 0) is 104 Å². The van der Waals surface area contributed by atoms with Crippen molar-refractivity contribution < 1.29 is 23.9 Å². The lowest BCUT2D eigenvalue weighted by atomic mass is 9.81. The summed E-state index contributed by atoms with van der Waals surface area (Å²) in [6, 6.07) is 20.4. The van der Waals surface area contributed by atoms with Gasteiger partial charge in [0, 0.05) is 67.0 Å². The van der Waals surface area contributed by atoms with Gasteiger partial charge < -0.3 is 34.5 Å². The number of nitrogens with one attached hydrogen (secondary N) is 2. The fourth-order valence-electron chi connectivity index (χ4n) is 8.46. The second kappa shape index (κ2) is 18.5. The molecule has 3 aromatic carbocycles. The number of morpholine rings is 1. The highest BCUT2D eigenvalue weighted by Crippen LogP contribution is 2.44. The molecule has 10 nitrogen and oxygen atoms in total. The van der Waals surface area contributed by atoms with Crippen molar-refractivity contribution in [2.75, 3.05) is 55.7 Å². The van der Waals surface area contributed by atoms with E-state index in [1.807, 2.05) is 35.2 Å². The molecule has 2 N–H and O–H groups in total. The molecule has 56 heavy (non-hydrogen) atoms. The van der Waals surface area contributed by atoms with Crippen molar-refractivity contribution in [3.8, 4) is 17.0 Å². The van der Waals surface area contributed by atoms with E-state index < -0.39 is 0 Å². The summed E-state index contributed by atoms with van der Waals surface area (Å²) in [6.07, 6.45) is 12.1. The average Bonchev–Trinajstić information content (AvgIpc) is 3.81. The van der Waals surface area contributed by atoms with Gasteiger partial charge in [-0.15, -0.1) is 13.2 Å². The van der Waals surface area contributed by atoms with E-state index in [1.165, 1.54) is 12.0 Å². The van der Waals surface area contributed by atoms with Crippen LogP contribution in [0.1, 0.15) is 85.2 Å². The molecule has 4 aromatic rings. The van der Waals surface area contributed by atoms with Crippen molar-refractivity contribution in [2.45, 2.75) is 76.9 Å². The molecule has 1 saturated carbocycles. The first-order chi connectivity index (χ1) is 27.4. The van der Waals surface area contributed by atoms with Crippen LogP contribution in [0.2, 0.25) is 0 Å². The van der Waals surface area contributed by atoms with E-state index in [4.69, 9.17) is 9.47 Å². The van der Waals surface area contributed by atoms with Crippen LogP contribution >= 0.6 is 0 Å². The first-order valence-corrected chi connectivity index (χ1v) is 20.4. The van der Waals surface area contributed by atoms with Crippen LogP contribution in [0, 0.1) is 0 Å². The molecule has 0 spiro atoms. The number of nitrogens with zero attached hydrogens (tertiary/aromatic N) is 3. The first-order valence-electron chi connectivity index (χ1n) is 20.4. The summed E-state index contributed by atoms with van der Waals surface area (Å²) < 4.78 is 14.3. The van der Waals surface area contributed by atoms with Crippen molar-refractivity contribution in [3.05, 3.63) is 103 Å². The Morgan fingerprint density at radius 3 is 2.32 bits per heavy atom. The third-order valence-electron chi connectivity index (χ3n) is 11.3. The van der Waals surface area contributed by atoms with Crippen LogP contribution in [0.4, 0.5) is 11.4 Å². The molecule has 3 amide bonds. The largest absolute Gasteiger partial charge is 0.489 e. The highest BCUT2D eigenvalue weighted by molar-refractivity contribution is 6.01. The van der Waals surface area contributed by atoms with Gasteiger partial charge in [0.1, 0.15) is 18.9 Å². The van der Waals surface area contributed by atoms with Gasteiger partial charge in [-0.3, -0.25) is 14.4 Å². The molecule has 3 fully saturated rings. The summed E-state index contributed by atoms with van der Waals surface area (Å²) >= 11 is 0. The molecular weight excluding hydrogens is 703 g/mol. The zero-order valence-electron chi connectivity index (χ0n) is 32.5. The number of anilines is 2. The number of carbonyl (C=O) groups excluding carboxylic acids is 3. The number of aromatic nitrogens is 1. The highest BCUT2D eigenvalue weighted by atomic mass is 16.5. The predicted molar refractivity (Wildman–Crippen MR) is 224 cm³/mol. The molecule has 0 unspecified atom stereocenters. The molecule has 294 valence electrons. The Labute approximate surface area is 330 Å². The second-order valence-corrected chi connectivity index (χ2v) is 15.1. The fraction of sp³-hybridized carbons (Fsp3) is 0.413. The number of fused-ring (bicyclic) bond motifs is 1. The summed E-state index contributed by atoms with van der Waals surface area (Å²) in [6.45, 7) is 12.7. The summed E-state index contributed by atoms with van der Waals surface area (Å²) in [4.78, 5) is 43.6. The van der Waals surface area contributed by atoms with E-state index in [0.29, 0.717) is 63.7 Å². The first kappa shape index (κ1) is 38.9. The number of benzene rings is 3. The quantitative estimate of drug-likeness (QED) is 0.0890. The zero-order valence-corrected chi connectivity index (χ0v) is 32.5. The summed E-state index contributed by atoms with van der Waals surface area (Å²) in [5.74, 6) is 0.993. The third-order valence-corrected chi connectivity index (χ3v) is 11.3. The molecular formula is C46H55N5O5. The molecule has 1 aromatic heterocycles. The monoisotopic (exact) mass is 757 g/mol. The van der Waals surface area contributed by atoms with Crippen LogP contribution in [0.15, 0.2) is 86.0 Å². The molecule has 0 radical (unpaired) electrons. The standard InChI is InChI=1S/C46H55N5O5/c1-3-5-22-47-42(52)31-51-41-30-35(46(54)48-23-6-4-2)16-20-39(41)44(33-11-8-7-9-12-33)45(51)34-14-18-38(19-15-34)56-32-36-29-37(50-24-10-13-43(50)53)17-21-40(36)49-25-27-55-28-26-49/h3-4,14-21,29-30,33H,1-2,5-13,22-28,31-32H2,(H,47,52)(H,48,54). The normalized spacial score (nSPS) is 16.2. The smallest absolute Gasteiger partial charge is 0.251 e. The van der Waals surface area contributed by atoms with Gasteiger partial charge in [0.25, 0.3) is 5.91 Å². The lowest BCUT2D eigenvalue weighted by Crippen LogP contribution is -2.37. The lowest BCUT2D eigenvalue weighted by molar-refractivity contribution is -0.121. The van der Waals surface area contributed by atoms with Crippen molar-refractivity contribution in [1.82, 2.24) is 15.2 Å². The van der Waals surface area contributed by atoms with Gasteiger partial charge in [-0.2, -0.15) is 0 Å². The van der Waals surface area contributed by atoms with Crippen molar-refractivity contribution >= 4 is 40.0 Å². The van der Waals surface area contributed by atoms with Crippen LogP contribution in [0.5, 0.6) is 5.75 Å². The van der Waals surface area contributed by atoms with Crippen LogP contribution in [0.25, 0.3) is 22.2 Å². The van der Waals surface area contributed by atoms with Crippen LogP contribution < -0.4 is 25.2 Å². The Hall–Kier alpha value is -5.35. The summed E-state index contributed by atoms with van der Waals surface area (Å²) in [5.41, 5.74) is 7.73. The predicted octanol–water partition coefficient (Wildman–Crippen LogP) is 7.90. The minimum absolute atomic E-state index is 0.0880. The maximum Gasteiger partial charge on any atom is 0.251 e. The summed E-state index contributed by atoms with van der Waals surface area (Å²) in [7, 11) is 0. The van der Waals surface area contributed by atoms with E-state index in [9.17, 15) is 14.4 Å². The number of hydrogen-bond donors (Lipinski definition) is 2. The number of ether oxygens (including phenoxy) is 2. The number of amides is 3. The molecule has 1 aliphatic carbocycles. The number of carbonyl (C=O) groups is 3. The molecule has 3 aliphatic rings. The number of rotatable bonds is 16. The Morgan fingerprint density at radius 1 is 0.857 bits per heavy atom. The van der Waals surface area contributed by atoms with Crippen LogP contribution in [0.3, 0.4) is 0 Å². The average molecular weight is 758 g/mol. The van der Waals surface area contributed by atoms with Crippen LogP contribution in [-0.4, -0.2) is 68.2 Å². The van der Waals surface area contributed by atoms with E-state index in [-0.39, 0.29) is 24.3 Å². The number of hydrogen-bond acceptors (Lipinski definition) is 6. The lowest BCUT2D eigenvalue weighted by Gasteiger charge is -2.31. The maximum absolute atomic E-state index is 13.5. The minimum atomic E-state index is -0.145. The van der Waals surface area contributed by atoms with Crippen molar-refractivity contribution in [2.24, 2.45) is 0 Å². The molecule has 10 heteroatoms. The van der Waals surface area contributed by atoms with Gasteiger partial charge in [0.15, 0.2) is 0 Å². The molecule has 2 saturated heterocycles. The van der Waals surface area contributed by atoms with E-state index >= 15 is 0 Å².